The Kier molecular flexibility index (Phi) is 4.99. The molecular formula is C11H23NO3. The predicted molar refractivity (Wildman–Crippen MR) is 58.9 cm³/mol. The summed E-state index contributed by atoms with van der Waals surface area (Å²) in [5.41, 5.74) is 0. The van der Waals surface area contributed by atoms with E-state index in [1.807, 2.05) is 13.8 Å². The normalized spacial score (nSPS) is 25.0. The van der Waals surface area contributed by atoms with Gasteiger partial charge in [-0.25, -0.2) is 0 Å². The molecule has 0 aromatic carbocycles. The van der Waals surface area contributed by atoms with Gasteiger partial charge in [-0.15, -0.1) is 0 Å². The molecule has 0 aromatic heterocycles. The predicted octanol–water partition coefficient (Wildman–Crippen LogP) is 1.11. The lowest BCUT2D eigenvalue weighted by Crippen LogP contribution is -2.24. The molecule has 0 N–H and O–H groups in total. The molecule has 1 heterocycles. The molecule has 1 aliphatic heterocycles. The first-order valence-corrected chi connectivity index (χ1v) is 5.54. The fourth-order valence-electron chi connectivity index (χ4n) is 1.54. The molecule has 4 heteroatoms. The highest BCUT2D eigenvalue weighted by atomic mass is 16.7. The van der Waals surface area contributed by atoms with Crippen molar-refractivity contribution in [3.8, 4) is 0 Å². The number of ether oxygens (including phenoxy) is 3. The third-order valence-corrected chi connectivity index (χ3v) is 2.27. The fraction of sp³-hybridized carbons (Fsp3) is 1.00. The maximum absolute atomic E-state index is 5.62. The Morgan fingerprint density at radius 1 is 1.40 bits per heavy atom. The molecule has 0 saturated carbocycles. The van der Waals surface area contributed by atoms with Gasteiger partial charge in [0.1, 0.15) is 6.10 Å². The van der Waals surface area contributed by atoms with Crippen molar-refractivity contribution in [2.45, 2.75) is 32.2 Å². The highest BCUT2D eigenvalue weighted by Crippen LogP contribution is 2.22. The Morgan fingerprint density at radius 3 is 2.67 bits per heavy atom. The largest absolute Gasteiger partial charge is 0.379 e. The van der Waals surface area contributed by atoms with Gasteiger partial charge in [0.2, 0.25) is 0 Å². The molecule has 0 aromatic rings. The average molecular weight is 217 g/mol. The zero-order valence-corrected chi connectivity index (χ0v) is 10.3. The fourth-order valence-corrected chi connectivity index (χ4v) is 1.54. The molecule has 0 radical (unpaired) electrons. The lowest BCUT2D eigenvalue weighted by Gasteiger charge is -2.17. The van der Waals surface area contributed by atoms with Crippen LogP contribution in [0.4, 0.5) is 0 Å². The van der Waals surface area contributed by atoms with Crippen molar-refractivity contribution >= 4 is 0 Å². The number of rotatable bonds is 6. The smallest absolute Gasteiger partial charge is 0.163 e. The Bertz CT molecular complexity index is 183. The van der Waals surface area contributed by atoms with Crippen molar-refractivity contribution in [2.24, 2.45) is 0 Å². The van der Waals surface area contributed by atoms with E-state index in [0.717, 1.165) is 19.6 Å². The molecular weight excluding hydrogens is 194 g/mol. The van der Waals surface area contributed by atoms with Crippen molar-refractivity contribution in [1.29, 1.82) is 0 Å². The minimum absolute atomic E-state index is 0.0966. The van der Waals surface area contributed by atoms with Crippen molar-refractivity contribution in [1.82, 2.24) is 4.90 Å². The van der Waals surface area contributed by atoms with Crippen molar-refractivity contribution in [2.75, 3.05) is 40.5 Å². The Labute approximate surface area is 92.5 Å². The van der Waals surface area contributed by atoms with E-state index in [9.17, 15) is 0 Å². The number of hydrogen-bond acceptors (Lipinski definition) is 4. The van der Waals surface area contributed by atoms with Crippen LogP contribution >= 0.6 is 0 Å². The second kappa shape index (κ2) is 5.80. The van der Waals surface area contributed by atoms with E-state index in [-0.39, 0.29) is 6.10 Å². The van der Waals surface area contributed by atoms with Gasteiger partial charge in [0.05, 0.1) is 13.2 Å². The molecule has 15 heavy (non-hydrogen) atoms. The molecule has 1 unspecified atom stereocenters. The first-order valence-electron chi connectivity index (χ1n) is 5.54. The summed E-state index contributed by atoms with van der Waals surface area (Å²) in [5.74, 6) is -0.433. The summed E-state index contributed by atoms with van der Waals surface area (Å²) < 4.78 is 16.6. The van der Waals surface area contributed by atoms with E-state index in [2.05, 4.69) is 19.0 Å². The van der Waals surface area contributed by atoms with Gasteiger partial charge in [-0.1, -0.05) is 0 Å². The van der Waals surface area contributed by atoms with Crippen molar-refractivity contribution < 1.29 is 14.2 Å². The lowest BCUT2D eigenvalue weighted by molar-refractivity contribution is -0.145. The van der Waals surface area contributed by atoms with Gasteiger partial charge in [0.15, 0.2) is 5.79 Å². The van der Waals surface area contributed by atoms with Crippen molar-refractivity contribution in [3.05, 3.63) is 0 Å². The summed E-state index contributed by atoms with van der Waals surface area (Å²) in [4.78, 5) is 2.15. The van der Waals surface area contributed by atoms with Gasteiger partial charge in [0.25, 0.3) is 0 Å². The van der Waals surface area contributed by atoms with Crippen LogP contribution < -0.4 is 0 Å². The van der Waals surface area contributed by atoms with Gasteiger partial charge >= 0.3 is 0 Å². The maximum Gasteiger partial charge on any atom is 0.163 e. The van der Waals surface area contributed by atoms with Crippen LogP contribution in [0.25, 0.3) is 0 Å². The highest BCUT2D eigenvalue weighted by Gasteiger charge is 2.32. The van der Waals surface area contributed by atoms with Crippen LogP contribution in [-0.4, -0.2) is 57.3 Å². The van der Waals surface area contributed by atoms with E-state index < -0.39 is 5.79 Å². The molecule has 0 spiro atoms. The summed E-state index contributed by atoms with van der Waals surface area (Å²) in [6.07, 6.45) is 1.16. The van der Waals surface area contributed by atoms with Gasteiger partial charge in [-0.3, -0.25) is 0 Å². The van der Waals surface area contributed by atoms with Crippen LogP contribution in [0.2, 0.25) is 0 Å². The standard InChI is InChI=1S/C11H23NO3/c1-11(2)14-9-10(15-11)8-13-7-5-6-12(3)4/h10H,5-9H2,1-4H3. The molecule has 1 atom stereocenters. The Balaban J connectivity index is 1.97. The van der Waals surface area contributed by atoms with Crippen LogP contribution in [0.5, 0.6) is 0 Å². The van der Waals surface area contributed by atoms with Crippen LogP contribution in [-0.2, 0) is 14.2 Å². The van der Waals surface area contributed by atoms with Crippen LogP contribution in [0.15, 0.2) is 0 Å². The van der Waals surface area contributed by atoms with Gasteiger partial charge in [0, 0.05) is 6.61 Å². The summed E-state index contributed by atoms with van der Waals surface area (Å²) in [6, 6.07) is 0. The second-order valence-electron chi connectivity index (χ2n) is 4.68. The molecule has 1 saturated heterocycles. The summed E-state index contributed by atoms with van der Waals surface area (Å²) in [6.45, 7) is 6.99. The first-order chi connectivity index (χ1) is 6.99. The van der Waals surface area contributed by atoms with Gasteiger partial charge in [-0.2, -0.15) is 0 Å². The van der Waals surface area contributed by atoms with E-state index in [4.69, 9.17) is 14.2 Å². The topological polar surface area (TPSA) is 30.9 Å². The third-order valence-electron chi connectivity index (χ3n) is 2.27. The maximum atomic E-state index is 5.62. The molecule has 1 fully saturated rings. The van der Waals surface area contributed by atoms with E-state index in [1.165, 1.54) is 0 Å². The zero-order valence-electron chi connectivity index (χ0n) is 10.3. The zero-order chi connectivity index (χ0) is 11.3. The van der Waals surface area contributed by atoms with E-state index >= 15 is 0 Å². The minimum Gasteiger partial charge on any atom is -0.379 e. The molecule has 4 nitrogen and oxygen atoms in total. The number of hydrogen-bond donors (Lipinski definition) is 0. The monoisotopic (exact) mass is 217 g/mol. The number of nitrogens with zero attached hydrogens (tertiary/aromatic N) is 1. The highest BCUT2D eigenvalue weighted by molar-refractivity contribution is 4.70. The van der Waals surface area contributed by atoms with Crippen molar-refractivity contribution in [3.63, 3.8) is 0 Å². The molecule has 90 valence electrons. The first kappa shape index (κ1) is 12.9. The Hall–Kier alpha value is -0.160. The summed E-state index contributed by atoms with van der Waals surface area (Å²) >= 11 is 0. The molecule has 0 amide bonds. The molecule has 1 aliphatic rings. The Morgan fingerprint density at radius 2 is 2.13 bits per heavy atom. The SMILES string of the molecule is CN(C)CCCOCC1COC(C)(C)O1. The molecule has 1 rings (SSSR count). The van der Waals surface area contributed by atoms with Crippen LogP contribution in [0.1, 0.15) is 20.3 Å². The second-order valence-corrected chi connectivity index (χ2v) is 4.68. The van der Waals surface area contributed by atoms with Gasteiger partial charge < -0.3 is 19.1 Å². The summed E-state index contributed by atoms with van der Waals surface area (Å²) in [7, 11) is 4.13. The van der Waals surface area contributed by atoms with Crippen LogP contribution in [0.3, 0.4) is 0 Å². The summed E-state index contributed by atoms with van der Waals surface area (Å²) in [5, 5.41) is 0. The average Bonchev–Trinajstić information content (AvgIpc) is 2.44. The van der Waals surface area contributed by atoms with E-state index in [0.29, 0.717) is 13.2 Å². The molecule has 0 aliphatic carbocycles. The van der Waals surface area contributed by atoms with Gasteiger partial charge in [-0.05, 0) is 40.9 Å². The lowest BCUT2D eigenvalue weighted by atomic mass is 10.4. The molecule has 0 bridgehead atoms. The minimum atomic E-state index is -0.433. The third kappa shape index (κ3) is 5.47. The quantitative estimate of drug-likeness (QED) is 0.624. The van der Waals surface area contributed by atoms with Crippen LogP contribution in [0, 0.1) is 0 Å². The van der Waals surface area contributed by atoms with E-state index in [1.54, 1.807) is 0 Å².